The van der Waals surface area contributed by atoms with Crippen LogP contribution < -0.4 is 11.1 Å². The molecule has 0 bridgehead atoms. The van der Waals surface area contributed by atoms with E-state index in [0.29, 0.717) is 13.0 Å². The number of ether oxygens (including phenoxy) is 1. The first-order valence-electron chi connectivity index (χ1n) is 5.72. The first-order valence-corrected chi connectivity index (χ1v) is 7.40. The summed E-state index contributed by atoms with van der Waals surface area (Å²) in [6.45, 7) is 5.88. The summed E-state index contributed by atoms with van der Waals surface area (Å²) >= 11 is 5.04. The fourth-order valence-electron chi connectivity index (χ4n) is 1.37. The molecule has 0 aliphatic rings. The Bertz CT molecular complexity index is 401. The number of nitrogens with two attached hydrogens (primary N) is 1. The van der Waals surface area contributed by atoms with Crippen molar-refractivity contribution in [1.82, 2.24) is 5.32 Å². The molecule has 1 rings (SSSR count). The Hall–Kier alpha value is -0.590. The molecule has 0 aliphatic carbocycles. The number of rotatable bonds is 4. The molecule has 1 heterocycles. The molecule has 1 aromatic rings. The number of nitrogens with one attached hydrogen (secondary N) is 1. The summed E-state index contributed by atoms with van der Waals surface area (Å²) in [5.41, 5.74) is 5.17. The van der Waals surface area contributed by atoms with Crippen molar-refractivity contribution < 1.29 is 9.53 Å². The highest BCUT2D eigenvalue weighted by molar-refractivity contribution is 9.10. The van der Waals surface area contributed by atoms with Gasteiger partial charge in [-0.3, -0.25) is 0 Å². The summed E-state index contributed by atoms with van der Waals surface area (Å²) in [5, 5.41) is 4.80. The normalized spacial score (nSPS) is 13.2. The number of carbonyl (C=O) groups excluding carboxylic acids is 1. The quantitative estimate of drug-likeness (QED) is 0.889. The van der Waals surface area contributed by atoms with Crippen molar-refractivity contribution in [3.8, 4) is 0 Å². The first kappa shape index (κ1) is 15.5. The lowest BCUT2D eigenvalue weighted by Crippen LogP contribution is -2.44. The molecule has 0 aliphatic heterocycles. The minimum atomic E-state index is -0.491. The first-order chi connectivity index (χ1) is 8.30. The molecule has 1 aromatic heterocycles. The standard InChI is InChI=1S/C12H19BrN2O2S/c1-12(2,3)17-11(16)15-9(6-14)5-10-4-8(13)7-18-10/h4,7,9H,5-6,14H2,1-3H3,(H,15,16). The highest BCUT2D eigenvalue weighted by Gasteiger charge is 2.19. The van der Waals surface area contributed by atoms with Crippen LogP contribution in [0.4, 0.5) is 4.79 Å². The van der Waals surface area contributed by atoms with E-state index in [-0.39, 0.29) is 6.04 Å². The average Bonchev–Trinajstić information content (AvgIpc) is 2.60. The van der Waals surface area contributed by atoms with E-state index < -0.39 is 11.7 Å². The Morgan fingerprint density at radius 3 is 2.72 bits per heavy atom. The van der Waals surface area contributed by atoms with Crippen LogP contribution in [0.1, 0.15) is 25.6 Å². The van der Waals surface area contributed by atoms with Crippen LogP contribution in [0.25, 0.3) is 0 Å². The predicted molar refractivity (Wildman–Crippen MR) is 77.9 cm³/mol. The number of amides is 1. The van der Waals surface area contributed by atoms with E-state index in [4.69, 9.17) is 10.5 Å². The fraction of sp³-hybridized carbons (Fsp3) is 0.583. The smallest absolute Gasteiger partial charge is 0.407 e. The Morgan fingerprint density at radius 2 is 2.28 bits per heavy atom. The third kappa shape index (κ3) is 5.84. The SMILES string of the molecule is CC(C)(C)OC(=O)NC(CN)Cc1cc(Br)cs1. The van der Waals surface area contributed by atoms with Gasteiger partial charge in [-0.15, -0.1) is 11.3 Å². The van der Waals surface area contributed by atoms with Crippen LogP contribution >= 0.6 is 27.3 Å². The number of carbonyl (C=O) groups is 1. The second-order valence-electron chi connectivity index (χ2n) is 5.01. The van der Waals surface area contributed by atoms with Gasteiger partial charge in [0, 0.05) is 33.7 Å². The zero-order valence-corrected chi connectivity index (χ0v) is 13.2. The number of hydrogen-bond acceptors (Lipinski definition) is 4. The Morgan fingerprint density at radius 1 is 1.61 bits per heavy atom. The lowest BCUT2D eigenvalue weighted by atomic mass is 10.2. The lowest BCUT2D eigenvalue weighted by molar-refractivity contribution is 0.0506. The van der Waals surface area contributed by atoms with Crippen molar-refractivity contribution in [2.75, 3.05) is 6.54 Å². The van der Waals surface area contributed by atoms with E-state index >= 15 is 0 Å². The molecule has 18 heavy (non-hydrogen) atoms. The second-order valence-corrected chi connectivity index (χ2v) is 6.93. The Labute approximate surface area is 120 Å². The molecule has 4 nitrogen and oxygen atoms in total. The van der Waals surface area contributed by atoms with E-state index in [0.717, 1.165) is 4.47 Å². The molecule has 0 saturated carbocycles. The van der Waals surface area contributed by atoms with Gasteiger partial charge in [-0.05, 0) is 42.8 Å². The van der Waals surface area contributed by atoms with Gasteiger partial charge in [-0.1, -0.05) is 0 Å². The number of hydrogen-bond donors (Lipinski definition) is 2. The fourth-order valence-corrected chi connectivity index (χ4v) is 2.90. The van der Waals surface area contributed by atoms with Crippen LogP contribution in [0.3, 0.4) is 0 Å². The van der Waals surface area contributed by atoms with E-state index in [2.05, 4.69) is 21.2 Å². The molecule has 0 spiro atoms. The van der Waals surface area contributed by atoms with Crippen LogP contribution in [0.5, 0.6) is 0 Å². The average molecular weight is 335 g/mol. The zero-order valence-electron chi connectivity index (χ0n) is 10.8. The van der Waals surface area contributed by atoms with Crippen LogP contribution in [-0.4, -0.2) is 24.3 Å². The van der Waals surface area contributed by atoms with Gasteiger partial charge in [-0.2, -0.15) is 0 Å². The topological polar surface area (TPSA) is 64.3 Å². The van der Waals surface area contributed by atoms with Crippen molar-refractivity contribution in [2.45, 2.75) is 38.8 Å². The molecule has 0 fully saturated rings. The number of halogens is 1. The molecule has 1 atom stereocenters. The highest BCUT2D eigenvalue weighted by atomic mass is 79.9. The van der Waals surface area contributed by atoms with Crippen molar-refractivity contribution >= 4 is 33.4 Å². The maximum atomic E-state index is 11.6. The van der Waals surface area contributed by atoms with Crippen LogP contribution in [0.2, 0.25) is 0 Å². The summed E-state index contributed by atoms with van der Waals surface area (Å²) in [5.74, 6) is 0. The van der Waals surface area contributed by atoms with Gasteiger partial charge in [0.25, 0.3) is 0 Å². The van der Waals surface area contributed by atoms with Crippen LogP contribution in [-0.2, 0) is 11.2 Å². The van der Waals surface area contributed by atoms with Gasteiger partial charge in [-0.25, -0.2) is 4.79 Å². The molecule has 0 saturated heterocycles. The Kier molecular flexibility index (Phi) is 5.62. The predicted octanol–water partition coefficient (Wildman–Crippen LogP) is 2.91. The zero-order chi connectivity index (χ0) is 13.8. The molecule has 0 aromatic carbocycles. The molecule has 102 valence electrons. The third-order valence-electron chi connectivity index (χ3n) is 2.07. The van der Waals surface area contributed by atoms with Crippen LogP contribution in [0, 0.1) is 0 Å². The minimum absolute atomic E-state index is 0.106. The monoisotopic (exact) mass is 334 g/mol. The van der Waals surface area contributed by atoms with Gasteiger partial charge in [0.2, 0.25) is 0 Å². The molecule has 6 heteroatoms. The van der Waals surface area contributed by atoms with Gasteiger partial charge < -0.3 is 15.8 Å². The largest absolute Gasteiger partial charge is 0.444 e. The molecular weight excluding hydrogens is 316 g/mol. The van der Waals surface area contributed by atoms with Crippen molar-refractivity contribution in [3.05, 3.63) is 20.8 Å². The minimum Gasteiger partial charge on any atom is -0.444 e. The number of alkyl carbamates (subject to hydrolysis) is 1. The van der Waals surface area contributed by atoms with E-state index in [1.165, 1.54) is 4.88 Å². The molecule has 1 unspecified atom stereocenters. The maximum Gasteiger partial charge on any atom is 0.407 e. The summed E-state index contributed by atoms with van der Waals surface area (Å²) in [7, 11) is 0. The second kappa shape index (κ2) is 6.54. The van der Waals surface area contributed by atoms with Crippen molar-refractivity contribution in [1.29, 1.82) is 0 Å². The lowest BCUT2D eigenvalue weighted by Gasteiger charge is -2.22. The molecule has 1 amide bonds. The van der Waals surface area contributed by atoms with E-state index in [9.17, 15) is 4.79 Å². The van der Waals surface area contributed by atoms with Crippen molar-refractivity contribution in [3.63, 3.8) is 0 Å². The van der Waals surface area contributed by atoms with Gasteiger partial charge in [0.15, 0.2) is 0 Å². The summed E-state index contributed by atoms with van der Waals surface area (Å²) in [6.07, 6.45) is 0.292. The third-order valence-corrected chi connectivity index (χ3v) is 3.79. The molecule has 3 N–H and O–H groups in total. The van der Waals surface area contributed by atoms with Gasteiger partial charge >= 0.3 is 6.09 Å². The van der Waals surface area contributed by atoms with Gasteiger partial charge in [0.1, 0.15) is 5.60 Å². The van der Waals surface area contributed by atoms with Crippen molar-refractivity contribution in [2.24, 2.45) is 5.73 Å². The molecule has 0 radical (unpaired) electrons. The van der Waals surface area contributed by atoms with Gasteiger partial charge in [0.05, 0.1) is 0 Å². The number of thiophene rings is 1. The Balaban J connectivity index is 2.49. The molecular formula is C12H19BrN2O2S. The summed E-state index contributed by atoms with van der Waals surface area (Å²) in [6, 6.07) is 1.93. The maximum absolute atomic E-state index is 11.6. The highest BCUT2D eigenvalue weighted by Crippen LogP contribution is 2.21. The van der Waals surface area contributed by atoms with E-state index in [1.807, 2.05) is 32.2 Å². The summed E-state index contributed by atoms with van der Waals surface area (Å²) in [4.78, 5) is 12.8. The summed E-state index contributed by atoms with van der Waals surface area (Å²) < 4.78 is 6.25. The van der Waals surface area contributed by atoms with E-state index in [1.54, 1.807) is 11.3 Å². The van der Waals surface area contributed by atoms with Crippen LogP contribution in [0.15, 0.2) is 15.9 Å².